The fourth-order valence-electron chi connectivity index (χ4n) is 4.17. The molecule has 6 nitrogen and oxygen atoms in total. The van der Waals surface area contributed by atoms with Crippen LogP contribution in [-0.2, 0) is 12.8 Å². The van der Waals surface area contributed by atoms with Gasteiger partial charge in [0.1, 0.15) is 6.61 Å². The number of para-hydroxylation sites is 1. The third-order valence-electron chi connectivity index (χ3n) is 6.08. The highest BCUT2D eigenvalue weighted by atomic mass is 35.5. The number of rotatable bonds is 8. The molecule has 0 amide bonds. The van der Waals surface area contributed by atoms with Gasteiger partial charge in [-0.1, -0.05) is 66.2 Å². The summed E-state index contributed by atoms with van der Waals surface area (Å²) in [5.41, 5.74) is 0.420. The maximum Gasteiger partial charge on any atom is 0.416 e. The molecule has 0 aliphatic carbocycles. The Hall–Kier alpha value is -4.63. The third kappa shape index (κ3) is 6.25. The van der Waals surface area contributed by atoms with Crippen LogP contribution < -0.4 is 15.0 Å². The van der Waals surface area contributed by atoms with Crippen LogP contribution >= 0.6 is 11.6 Å². The second-order valence-corrected chi connectivity index (χ2v) is 9.34. The summed E-state index contributed by atoms with van der Waals surface area (Å²) < 4.78 is 53.1. The van der Waals surface area contributed by atoms with Crippen molar-refractivity contribution in [3.8, 4) is 22.9 Å². The number of fused-ring (bicyclic) bond motifs is 1. The number of hydrogen-bond acceptors (Lipinski definition) is 5. The van der Waals surface area contributed by atoms with Gasteiger partial charge < -0.3 is 9.47 Å². The number of benzene rings is 4. The topological polar surface area (TPSA) is 65.7 Å². The zero-order valence-electron chi connectivity index (χ0n) is 21.7. The summed E-state index contributed by atoms with van der Waals surface area (Å²) in [6.45, 7) is 2.43. The van der Waals surface area contributed by atoms with Crippen molar-refractivity contribution in [2.75, 3.05) is 6.61 Å². The molecule has 0 fully saturated rings. The van der Waals surface area contributed by atoms with Crippen molar-refractivity contribution < 1.29 is 22.6 Å². The van der Waals surface area contributed by atoms with Crippen LogP contribution in [0.3, 0.4) is 0 Å². The quantitative estimate of drug-likeness (QED) is 0.178. The van der Waals surface area contributed by atoms with E-state index in [-0.39, 0.29) is 28.4 Å². The van der Waals surface area contributed by atoms with E-state index in [0.717, 1.165) is 22.4 Å². The summed E-state index contributed by atoms with van der Waals surface area (Å²) in [6.07, 6.45) is -3.21. The lowest BCUT2D eigenvalue weighted by molar-refractivity contribution is -0.137. The number of halogens is 4. The summed E-state index contributed by atoms with van der Waals surface area (Å²) in [7, 11) is 0. The lowest BCUT2D eigenvalue weighted by Gasteiger charge is -2.15. The van der Waals surface area contributed by atoms with E-state index < -0.39 is 17.3 Å². The van der Waals surface area contributed by atoms with Crippen LogP contribution in [0.2, 0.25) is 5.02 Å². The van der Waals surface area contributed by atoms with Gasteiger partial charge in [-0.15, -0.1) is 0 Å². The largest absolute Gasteiger partial charge is 0.490 e. The van der Waals surface area contributed by atoms with Gasteiger partial charge in [0.2, 0.25) is 0 Å². The molecule has 0 unspecified atom stereocenters. The Morgan fingerprint density at radius 1 is 0.951 bits per heavy atom. The summed E-state index contributed by atoms with van der Waals surface area (Å²) in [6, 6.07) is 24.0. The summed E-state index contributed by atoms with van der Waals surface area (Å²) >= 11 is 6.56. The molecule has 0 atom stereocenters. The smallest absolute Gasteiger partial charge is 0.416 e. The molecule has 41 heavy (non-hydrogen) atoms. The average Bonchev–Trinajstić information content (AvgIpc) is 2.96. The fraction of sp³-hybridized carbons (Fsp3) is 0.129. The normalized spacial score (nSPS) is 11.7. The van der Waals surface area contributed by atoms with Gasteiger partial charge in [0.25, 0.3) is 5.56 Å². The first-order chi connectivity index (χ1) is 19.7. The van der Waals surface area contributed by atoms with Crippen molar-refractivity contribution in [2.45, 2.75) is 19.7 Å². The number of aromatic nitrogens is 2. The standard InChI is InChI=1S/C31H23ClF3N3O3/c1-2-40-27-16-21(15-25(32)28(27)41-19-20-9-4-3-5-10-20)18-36-38-29(22-11-8-12-23(17-22)31(33,34)35)37-26-14-7-6-13-24(26)30(38)39/h3-18H,2,19H2,1H3. The first-order valence-electron chi connectivity index (χ1n) is 12.6. The maximum absolute atomic E-state index is 13.5. The summed E-state index contributed by atoms with van der Waals surface area (Å²) in [5.74, 6) is 0.679. The zero-order valence-corrected chi connectivity index (χ0v) is 22.5. The van der Waals surface area contributed by atoms with Gasteiger partial charge in [-0.25, -0.2) is 4.98 Å². The van der Waals surface area contributed by atoms with Crippen molar-refractivity contribution in [3.63, 3.8) is 0 Å². The van der Waals surface area contributed by atoms with Gasteiger partial charge in [0.05, 0.1) is 34.3 Å². The van der Waals surface area contributed by atoms with Crippen LogP contribution in [0.25, 0.3) is 22.3 Å². The molecule has 1 aromatic heterocycles. The van der Waals surface area contributed by atoms with E-state index in [9.17, 15) is 18.0 Å². The van der Waals surface area contributed by atoms with E-state index in [4.69, 9.17) is 21.1 Å². The van der Waals surface area contributed by atoms with E-state index in [2.05, 4.69) is 10.1 Å². The highest BCUT2D eigenvalue weighted by Gasteiger charge is 2.31. The minimum atomic E-state index is -4.57. The Labute approximate surface area is 238 Å². The fourth-order valence-corrected chi connectivity index (χ4v) is 4.45. The predicted molar refractivity (Wildman–Crippen MR) is 153 cm³/mol. The van der Waals surface area contributed by atoms with Gasteiger partial charge in [-0.05, 0) is 54.4 Å². The highest BCUT2D eigenvalue weighted by molar-refractivity contribution is 6.32. The van der Waals surface area contributed by atoms with E-state index in [1.807, 2.05) is 37.3 Å². The third-order valence-corrected chi connectivity index (χ3v) is 6.36. The molecule has 5 aromatic rings. The average molecular weight is 578 g/mol. The first-order valence-corrected chi connectivity index (χ1v) is 13.0. The summed E-state index contributed by atoms with van der Waals surface area (Å²) in [4.78, 5) is 17.9. The molecule has 10 heteroatoms. The number of hydrogen-bond donors (Lipinski definition) is 0. The molecule has 0 radical (unpaired) electrons. The Morgan fingerprint density at radius 2 is 1.71 bits per heavy atom. The van der Waals surface area contributed by atoms with Crippen LogP contribution in [-0.4, -0.2) is 22.5 Å². The van der Waals surface area contributed by atoms with Gasteiger partial charge in [-0.2, -0.15) is 22.9 Å². The minimum absolute atomic E-state index is 0.0463. The second-order valence-electron chi connectivity index (χ2n) is 8.93. The van der Waals surface area contributed by atoms with Gasteiger partial charge in [0, 0.05) is 5.56 Å². The number of nitrogens with zero attached hydrogens (tertiary/aromatic N) is 3. The van der Waals surface area contributed by atoms with E-state index in [1.165, 1.54) is 18.3 Å². The van der Waals surface area contributed by atoms with Gasteiger partial charge in [-0.3, -0.25) is 4.79 Å². The molecule has 0 spiro atoms. The lowest BCUT2D eigenvalue weighted by atomic mass is 10.1. The highest BCUT2D eigenvalue weighted by Crippen LogP contribution is 2.37. The molecule has 208 valence electrons. The van der Waals surface area contributed by atoms with Crippen LogP contribution in [0, 0.1) is 0 Å². The van der Waals surface area contributed by atoms with E-state index >= 15 is 0 Å². The molecule has 0 bridgehead atoms. The molecule has 0 N–H and O–H groups in total. The van der Waals surface area contributed by atoms with Crippen LogP contribution in [0.4, 0.5) is 13.2 Å². The Morgan fingerprint density at radius 3 is 2.46 bits per heavy atom. The molecule has 0 aliphatic heterocycles. The SMILES string of the molecule is CCOc1cc(C=Nn2c(-c3cccc(C(F)(F)F)c3)nc3ccccc3c2=O)cc(Cl)c1OCc1ccccc1. The lowest BCUT2D eigenvalue weighted by Crippen LogP contribution is -2.20. The number of ether oxygens (including phenoxy) is 2. The van der Waals surface area contributed by atoms with Crippen molar-refractivity contribution in [2.24, 2.45) is 5.10 Å². The van der Waals surface area contributed by atoms with Gasteiger partial charge >= 0.3 is 6.18 Å². The first kappa shape index (κ1) is 27.9. The van der Waals surface area contributed by atoms with Crippen LogP contribution in [0.15, 0.2) is 101 Å². The van der Waals surface area contributed by atoms with Crippen molar-refractivity contribution in [1.82, 2.24) is 9.66 Å². The zero-order chi connectivity index (χ0) is 29.0. The van der Waals surface area contributed by atoms with Crippen molar-refractivity contribution in [3.05, 3.63) is 123 Å². The van der Waals surface area contributed by atoms with Crippen molar-refractivity contribution >= 4 is 28.7 Å². The molecule has 0 saturated heterocycles. The molecular formula is C31H23ClF3N3O3. The van der Waals surface area contributed by atoms with Gasteiger partial charge in [0.15, 0.2) is 17.3 Å². The Bertz CT molecular complexity index is 1790. The molecule has 4 aromatic carbocycles. The Kier molecular flexibility index (Phi) is 8.07. The van der Waals surface area contributed by atoms with E-state index in [0.29, 0.717) is 29.2 Å². The molecule has 0 saturated carbocycles. The second kappa shape index (κ2) is 11.9. The maximum atomic E-state index is 13.5. The summed E-state index contributed by atoms with van der Waals surface area (Å²) in [5, 5.41) is 4.86. The predicted octanol–water partition coefficient (Wildman–Crippen LogP) is 7.60. The number of alkyl halides is 3. The van der Waals surface area contributed by atoms with E-state index in [1.54, 1.807) is 36.4 Å². The minimum Gasteiger partial charge on any atom is -0.490 e. The van der Waals surface area contributed by atoms with Crippen molar-refractivity contribution in [1.29, 1.82) is 0 Å². The van der Waals surface area contributed by atoms with Crippen LogP contribution in [0.5, 0.6) is 11.5 Å². The molecular weight excluding hydrogens is 555 g/mol. The Balaban J connectivity index is 1.57. The molecule has 1 heterocycles. The molecule has 5 rings (SSSR count). The monoisotopic (exact) mass is 577 g/mol. The van der Waals surface area contributed by atoms with Crippen LogP contribution in [0.1, 0.15) is 23.6 Å². The molecule has 0 aliphatic rings.